The molecule has 0 radical (unpaired) electrons. The summed E-state index contributed by atoms with van der Waals surface area (Å²) in [6.45, 7) is 3.12. The van der Waals surface area contributed by atoms with Crippen LogP contribution in [0.25, 0.3) is 0 Å². The third kappa shape index (κ3) is 28.6. The van der Waals surface area contributed by atoms with Crippen molar-refractivity contribution in [2.45, 2.75) is 223 Å². The zero-order valence-electron chi connectivity index (χ0n) is 36.9. The number of nitrogens with one attached hydrogen (secondary N) is 1. The van der Waals surface area contributed by atoms with Gasteiger partial charge in [-0.25, -0.2) is 4.18 Å². The molecule has 8 unspecified atom stereocenters. The number of carbonyl (C=O) groups is 1. The van der Waals surface area contributed by atoms with Crippen molar-refractivity contribution in [3.8, 4) is 0 Å². The van der Waals surface area contributed by atoms with E-state index in [4.69, 9.17) is 14.0 Å². The van der Waals surface area contributed by atoms with Crippen molar-refractivity contribution in [3.05, 3.63) is 48.6 Å². The molecule has 0 aromatic carbocycles. The first kappa shape index (κ1) is 56.0. The average Bonchev–Trinajstić information content (AvgIpc) is 3.22. The number of hydrogen-bond acceptors (Lipinski definition) is 11. The van der Waals surface area contributed by atoms with Crippen LogP contribution in [0.5, 0.6) is 0 Å². The van der Waals surface area contributed by atoms with Crippen LogP contribution in [0.2, 0.25) is 0 Å². The predicted octanol–water partition coefficient (Wildman–Crippen LogP) is 7.85. The molecule has 1 aliphatic rings. The van der Waals surface area contributed by atoms with E-state index in [2.05, 4.69) is 59.8 Å². The van der Waals surface area contributed by atoms with Gasteiger partial charge < -0.3 is 40.3 Å². The number of hydrogen-bond donors (Lipinski definition) is 7. The Kier molecular flexibility index (Phi) is 34.1. The summed E-state index contributed by atoms with van der Waals surface area (Å²) in [5, 5.41) is 55.0. The minimum absolute atomic E-state index is 0.223. The lowest BCUT2D eigenvalue weighted by Crippen LogP contribution is -2.61. The summed E-state index contributed by atoms with van der Waals surface area (Å²) in [5.74, 6) is -0.724. The zero-order valence-corrected chi connectivity index (χ0v) is 37.7. The molecule has 1 heterocycles. The number of amides is 1. The van der Waals surface area contributed by atoms with Crippen LogP contribution < -0.4 is 5.32 Å². The van der Waals surface area contributed by atoms with Crippen LogP contribution >= 0.6 is 0 Å². The number of allylic oxidation sites excluding steroid dienone is 7. The fraction of sp³-hybridized carbons (Fsp3) is 0.804. The number of rotatable bonds is 38. The van der Waals surface area contributed by atoms with Gasteiger partial charge in [0.1, 0.15) is 30.5 Å². The third-order valence-electron chi connectivity index (χ3n) is 10.7. The topological polar surface area (TPSA) is 212 Å². The van der Waals surface area contributed by atoms with E-state index in [1.165, 1.54) is 76.7 Å². The largest absolute Gasteiger partial charge is 0.397 e. The first-order valence-electron chi connectivity index (χ1n) is 23.1. The van der Waals surface area contributed by atoms with Crippen molar-refractivity contribution in [3.63, 3.8) is 0 Å². The highest BCUT2D eigenvalue weighted by atomic mass is 32.3. The van der Waals surface area contributed by atoms with Gasteiger partial charge in [0, 0.05) is 0 Å². The minimum Gasteiger partial charge on any atom is -0.394 e. The maximum absolute atomic E-state index is 13.1. The smallest absolute Gasteiger partial charge is 0.394 e. The Morgan fingerprint density at radius 1 is 0.683 bits per heavy atom. The van der Waals surface area contributed by atoms with Gasteiger partial charge in [0.15, 0.2) is 6.29 Å². The van der Waals surface area contributed by atoms with Crippen molar-refractivity contribution < 1.29 is 57.0 Å². The monoisotopic (exact) mass is 874 g/mol. The Hall–Kier alpha value is -1.98. The van der Waals surface area contributed by atoms with Crippen LogP contribution in [0.4, 0.5) is 0 Å². The van der Waals surface area contributed by atoms with E-state index in [0.29, 0.717) is 12.8 Å². The van der Waals surface area contributed by atoms with Crippen molar-refractivity contribution >= 4 is 16.3 Å². The van der Waals surface area contributed by atoms with Gasteiger partial charge in [0.25, 0.3) is 0 Å². The van der Waals surface area contributed by atoms with E-state index in [-0.39, 0.29) is 6.42 Å². The fourth-order valence-electron chi connectivity index (χ4n) is 6.98. The second-order valence-corrected chi connectivity index (χ2v) is 17.2. The standard InChI is InChI=1S/C46H83NO12S/c1-3-5-7-9-11-13-14-15-16-17-18-19-20-21-22-23-24-25-27-29-31-33-35-40(50)45(53)47-38(39(49)34-32-30-28-26-12-10-8-6-4-2)37-57-46-43(52)44(59-60(54,55)56)42(51)41(36-48)58-46/h12,18-19,21-22,26,32,34,38-44,46,48-52H,3-11,13-17,20,23-25,27-31,33,35-37H2,1-2H3,(H,47,53)(H,54,55,56)/b19-18-,22-21-,26-12+,34-32+. The molecule has 14 heteroatoms. The van der Waals surface area contributed by atoms with Crippen molar-refractivity contribution in [1.82, 2.24) is 5.32 Å². The average molecular weight is 874 g/mol. The quantitative estimate of drug-likeness (QED) is 0.0180. The van der Waals surface area contributed by atoms with E-state index >= 15 is 0 Å². The summed E-state index contributed by atoms with van der Waals surface area (Å²) in [7, 11) is -5.12. The number of aliphatic hydroxyl groups excluding tert-OH is 5. The first-order valence-corrected chi connectivity index (χ1v) is 24.5. The molecule has 0 bridgehead atoms. The molecule has 1 amide bonds. The third-order valence-corrected chi connectivity index (χ3v) is 11.2. The first-order chi connectivity index (χ1) is 28.9. The van der Waals surface area contributed by atoms with Crippen molar-refractivity contribution in [1.29, 1.82) is 0 Å². The summed E-state index contributed by atoms with van der Waals surface area (Å²) < 4.78 is 47.3. The van der Waals surface area contributed by atoms with E-state index in [1.54, 1.807) is 6.08 Å². The Labute approximate surface area is 362 Å². The van der Waals surface area contributed by atoms with E-state index < -0.39 is 78.5 Å². The van der Waals surface area contributed by atoms with Crippen LogP contribution in [0.15, 0.2) is 48.6 Å². The molecule has 0 aromatic rings. The van der Waals surface area contributed by atoms with E-state index in [0.717, 1.165) is 70.6 Å². The highest BCUT2D eigenvalue weighted by molar-refractivity contribution is 7.80. The fourth-order valence-corrected chi connectivity index (χ4v) is 7.48. The number of unbranched alkanes of at least 4 members (excludes halogenated alkanes) is 19. The lowest BCUT2D eigenvalue weighted by atomic mass is 9.99. The molecule has 7 N–H and O–H groups in total. The molecule has 0 aliphatic carbocycles. The van der Waals surface area contributed by atoms with Crippen LogP contribution in [0.1, 0.15) is 174 Å². The molecule has 13 nitrogen and oxygen atoms in total. The second-order valence-electron chi connectivity index (χ2n) is 16.1. The van der Waals surface area contributed by atoms with Crippen molar-refractivity contribution in [2.75, 3.05) is 13.2 Å². The molecule has 350 valence electrons. The van der Waals surface area contributed by atoms with Crippen LogP contribution in [0, 0.1) is 0 Å². The van der Waals surface area contributed by atoms with Gasteiger partial charge in [0.2, 0.25) is 5.91 Å². The van der Waals surface area contributed by atoms with Gasteiger partial charge >= 0.3 is 10.4 Å². The maximum Gasteiger partial charge on any atom is 0.397 e. The van der Waals surface area contributed by atoms with Crippen LogP contribution in [0.3, 0.4) is 0 Å². The van der Waals surface area contributed by atoms with Crippen molar-refractivity contribution in [2.24, 2.45) is 0 Å². The number of ether oxygens (including phenoxy) is 2. The molecule has 1 aliphatic heterocycles. The highest BCUT2D eigenvalue weighted by Crippen LogP contribution is 2.26. The van der Waals surface area contributed by atoms with Gasteiger partial charge in [-0.3, -0.25) is 9.35 Å². The van der Waals surface area contributed by atoms with E-state index in [9.17, 15) is 38.7 Å². The molecule has 60 heavy (non-hydrogen) atoms. The predicted molar refractivity (Wildman–Crippen MR) is 237 cm³/mol. The zero-order chi connectivity index (χ0) is 44.3. The summed E-state index contributed by atoms with van der Waals surface area (Å²) in [5.41, 5.74) is 0. The Bertz CT molecular complexity index is 1280. The van der Waals surface area contributed by atoms with Crippen LogP contribution in [-0.2, 0) is 28.9 Å². The summed E-state index contributed by atoms with van der Waals surface area (Å²) in [6.07, 6.45) is 32.3. The number of aliphatic hydroxyl groups is 5. The molecule has 0 saturated carbocycles. The summed E-state index contributed by atoms with van der Waals surface area (Å²) >= 11 is 0. The summed E-state index contributed by atoms with van der Waals surface area (Å²) in [4.78, 5) is 13.1. The molecule has 0 spiro atoms. The van der Waals surface area contributed by atoms with Crippen LogP contribution in [-0.4, -0.2) is 107 Å². The SMILES string of the molecule is CCCCC/C=C/CC/C=C/C(O)C(COC1OC(CO)C(O)C(OS(=O)(=O)O)C1O)NC(=O)C(O)CCCCCCCC/C=C\C/C=C\CCCCCCCCCCC. The van der Waals surface area contributed by atoms with Gasteiger partial charge in [-0.05, 0) is 64.2 Å². The Morgan fingerprint density at radius 3 is 1.73 bits per heavy atom. The molecule has 1 fully saturated rings. The van der Waals surface area contributed by atoms with E-state index in [1.807, 2.05) is 0 Å². The van der Waals surface area contributed by atoms with Gasteiger partial charge in [-0.2, -0.15) is 8.42 Å². The summed E-state index contributed by atoms with van der Waals surface area (Å²) in [6, 6.07) is -1.14. The molecular weight excluding hydrogens is 791 g/mol. The highest BCUT2D eigenvalue weighted by Gasteiger charge is 2.48. The molecule has 0 aromatic heterocycles. The van der Waals surface area contributed by atoms with Gasteiger partial charge in [0.05, 0.1) is 25.4 Å². The van der Waals surface area contributed by atoms with Gasteiger partial charge in [-0.15, -0.1) is 0 Å². The number of carbonyl (C=O) groups excluding carboxylic acids is 1. The second kappa shape index (κ2) is 36.5. The lowest BCUT2D eigenvalue weighted by molar-refractivity contribution is -0.298. The normalized spacial score (nSPS) is 21.8. The Balaban J connectivity index is 2.49. The minimum atomic E-state index is -5.12. The molecular formula is C46H83NO12S. The molecule has 8 atom stereocenters. The maximum atomic E-state index is 13.1. The molecule has 1 rings (SSSR count). The Morgan fingerprint density at radius 2 is 1.17 bits per heavy atom. The van der Waals surface area contributed by atoms with Gasteiger partial charge in [-0.1, -0.05) is 159 Å². The molecule has 1 saturated heterocycles. The lowest BCUT2D eigenvalue weighted by Gasteiger charge is -2.41.